The zero-order valence-corrected chi connectivity index (χ0v) is 12.8. The van der Waals surface area contributed by atoms with Gasteiger partial charge in [0.25, 0.3) is 0 Å². The molecule has 0 bridgehead atoms. The van der Waals surface area contributed by atoms with Crippen molar-refractivity contribution in [2.75, 3.05) is 20.1 Å². The van der Waals surface area contributed by atoms with Crippen LogP contribution in [-0.2, 0) is 0 Å². The molecule has 3 heteroatoms. The second kappa shape index (κ2) is 7.28. The van der Waals surface area contributed by atoms with Crippen molar-refractivity contribution in [1.29, 1.82) is 0 Å². The molecule has 1 aromatic rings. The van der Waals surface area contributed by atoms with E-state index in [0.717, 1.165) is 24.0 Å². The van der Waals surface area contributed by atoms with Gasteiger partial charge in [0.1, 0.15) is 0 Å². The molecule has 2 rings (SSSR count). The molecule has 106 valence electrons. The van der Waals surface area contributed by atoms with Crippen LogP contribution in [0.25, 0.3) is 0 Å². The van der Waals surface area contributed by atoms with E-state index >= 15 is 0 Å². The molecule has 0 aliphatic carbocycles. The highest BCUT2D eigenvalue weighted by atomic mass is 35.5. The van der Waals surface area contributed by atoms with E-state index < -0.39 is 0 Å². The minimum atomic E-state index is 0.354. The van der Waals surface area contributed by atoms with E-state index in [0.29, 0.717) is 6.04 Å². The minimum Gasteiger partial charge on any atom is -0.313 e. The van der Waals surface area contributed by atoms with Crippen LogP contribution < -0.4 is 5.32 Å². The zero-order valence-electron chi connectivity index (χ0n) is 12.0. The molecule has 0 aromatic heterocycles. The van der Waals surface area contributed by atoms with Crippen LogP contribution >= 0.6 is 11.6 Å². The van der Waals surface area contributed by atoms with E-state index in [9.17, 15) is 0 Å². The van der Waals surface area contributed by atoms with Gasteiger partial charge in [-0.3, -0.25) is 0 Å². The average Bonchev–Trinajstić information content (AvgIpc) is 2.88. The predicted octanol–water partition coefficient (Wildman–Crippen LogP) is 3.87. The quantitative estimate of drug-likeness (QED) is 0.851. The summed E-state index contributed by atoms with van der Waals surface area (Å²) in [4.78, 5) is 2.64. The Balaban J connectivity index is 1.95. The lowest BCUT2D eigenvalue weighted by molar-refractivity contribution is 0.235. The number of halogens is 1. The van der Waals surface area contributed by atoms with Crippen LogP contribution in [0.4, 0.5) is 0 Å². The van der Waals surface area contributed by atoms with Crippen LogP contribution in [0.15, 0.2) is 24.3 Å². The molecule has 1 N–H and O–H groups in total. The van der Waals surface area contributed by atoms with Crippen LogP contribution in [0.1, 0.15) is 44.2 Å². The Hall–Kier alpha value is -0.570. The Kier molecular flexibility index (Phi) is 5.68. The second-order valence-electron chi connectivity index (χ2n) is 5.39. The molecule has 1 aromatic carbocycles. The summed E-state index contributed by atoms with van der Waals surface area (Å²) in [6, 6.07) is 9.31. The Labute approximate surface area is 122 Å². The molecule has 0 spiro atoms. The first-order valence-corrected chi connectivity index (χ1v) is 7.79. The SMILES string of the molecule is CCC1CCCN1CCC(NC)c1ccccc1Cl. The maximum Gasteiger partial charge on any atom is 0.0453 e. The van der Waals surface area contributed by atoms with Crippen molar-refractivity contribution in [2.24, 2.45) is 0 Å². The van der Waals surface area contributed by atoms with E-state index in [-0.39, 0.29) is 0 Å². The van der Waals surface area contributed by atoms with Crippen LogP contribution in [-0.4, -0.2) is 31.1 Å². The molecule has 0 amide bonds. The minimum absolute atomic E-state index is 0.354. The number of nitrogens with zero attached hydrogens (tertiary/aromatic N) is 1. The third kappa shape index (κ3) is 3.71. The first-order valence-electron chi connectivity index (χ1n) is 7.42. The first-order chi connectivity index (χ1) is 9.26. The van der Waals surface area contributed by atoms with Gasteiger partial charge < -0.3 is 10.2 Å². The van der Waals surface area contributed by atoms with Crippen LogP contribution in [0, 0.1) is 0 Å². The van der Waals surface area contributed by atoms with Gasteiger partial charge in [-0.2, -0.15) is 0 Å². The number of hydrogen-bond donors (Lipinski definition) is 1. The first kappa shape index (κ1) is 14.8. The number of nitrogens with one attached hydrogen (secondary N) is 1. The number of benzene rings is 1. The monoisotopic (exact) mass is 280 g/mol. The van der Waals surface area contributed by atoms with Crippen molar-refractivity contribution in [2.45, 2.75) is 44.7 Å². The highest BCUT2D eigenvalue weighted by molar-refractivity contribution is 6.31. The van der Waals surface area contributed by atoms with Crippen molar-refractivity contribution in [3.63, 3.8) is 0 Å². The topological polar surface area (TPSA) is 15.3 Å². The lowest BCUT2D eigenvalue weighted by atomic mass is 10.0. The van der Waals surface area contributed by atoms with Gasteiger partial charge in [-0.05, 0) is 50.9 Å². The van der Waals surface area contributed by atoms with Gasteiger partial charge in [-0.1, -0.05) is 36.7 Å². The van der Waals surface area contributed by atoms with Gasteiger partial charge in [0.05, 0.1) is 0 Å². The molecule has 19 heavy (non-hydrogen) atoms. The van der Waals surface area contributed by atoms with Crippen molar-refractivity contribution in [1.82, 2.24) is 10.2 Å². The van der Waals surface area contributed by atoms with Gasteiger partial charge in [0.15, 0.2) is 0 Å². The summed E-state index contributed by atoms with van der Waals surface area (Å²) in [6.07, 6.45) is 5.12. The summed E-state index contributed by atoms with van der Waals surface area (Å²) in [6.45, 7) is 4.72. The maximum atomic E-state index is 6.30. The molecule has 2 unspecified atom stereocenters. The summed E-state index contributed by atoms with van der Waals surface area (Å²) in [5.41, 5.74) is 1.22. The molecule has 1 saturated heterocycles. The van der Waals surface area contributed by atoms with Crippen molar-refractivity contribution in [3.8, 4) is 0 Å². The van der Waals surface area contributed by atoms with Gasteiger partial charge >= 0.3 is 0 Å². The molecule has 1 aliphatic heterocycles. The number of hydrogen-bond acceptors (Lipinski definition) is 2. The molecule has 1 fully saturated rings. The van der Waals surface area contributed by atoms with Gasteiger partial charge in [0.2, 0.25) is 0 Å². The Morgan fingerprint density at radius 3 is 2.89 bits per heavy atom. The molecule has 0 radical (unpaired) electrons. The standard InChI is InChI=1S/C16H25ClN2/c1-3-13-7-6-11-19(13)12-10-16(18-2)14-8-4-5-9-15(14)17/h4-5,8-9,13,16,18H,3,6-7,10-12H2,1-2H3. The second-order valence-corrected chi connectivity index (χ2v) is 5.80. The van der Waals surface area contributed by atoms with E-state index in [1.54, 1.807) is 0 Å². The highest BCUT2D eigenvalue weighted by Gasteiger charge is 2.23. The summed E-state index contributed by atoms with van der Waals surface area (Å²) in [5.74, 6) is 0. The van der Waals surface area contributed by atoms with Crippen molar-refractivity contribution in [3.05, 3.63) is 34.9 Å². The van der Waals surface area contributed by atoms with E-state index in [1.165, 1.54) is 31.4 Å². The molecular formula is C16H25ClN2. The van der Waals surface area contributed by atoms with Gasteiger partial charge in [0, 0.05) is 23.7 Å². The highest BCUT2D eigenvalue weighted by Crippen LogP contribution is 2.27. The fourth-order valence-corrected chi connectivity index (χ4v) is 3.43. The van der Waals surface area contributed by atoms with E-state index in [1.807, 2.05) is 19.2 Å². The van der Waals surface area contributed by atoms with Gasteiger partial charge in [-0.15, -0.1) is 0 Å². The summed E-state index contributed by atoms with van der Waals surface area (Å²) in [5, 5.41) is 4.28. The third-order valence-corrected chi connectivity index (χ3v) is 4.65. The zero-order chi connectivity index (χ0) is 13.7. The summed E-state index contributed by atoms with van der Waals surface area (Å²) in [7, 11) is 2.02. The molecule has 2 atom stereocenters. The van der Waals surface area contributed by atoms with E-state index in [4.69, 9.17) is 11.6 Å². The molecule has 1 aliphatic rings. The Bertz CT molecular complexity index is 394. The normalized spacial score (nSPS) is 21.7. The van der Waals surface area contributed by atoms with Crippen LogP contribution in [0.3, 0.4) is 0 Å². The fraction of sp³-hybridized carbons (Fsp3) is 0.625. The lowest BCUT2D eigenvalue weighted by Gasteiger charge is -2.26. The maximum absolute atomic E-state index is 6.30. The smallest absolute Gasteiger partial charge is 0.0453 e. The lowest BCUT2D eigenvalue weighted by Crippen LogP contribution is -2.32. The number of likely N-dealkylation sites (tertiary alicyclic amines) is 1. The third-order valence-electron chi connectivity index (χ3n) is 4.30. The fourth-order valence-electron chi connectivity index (χ4n) is 3.16. The molecule has 1 heterocycles. The van der Waals surface area contributed by atoms with Gasteiger partial charge in [-0.25, -0.2) is 0 Å². The summed E-state index contributed by atoms with van der Waals surface area (Å²) < 4.78 is 0. The van der Waals surface area contributed by atoms with Crippen molar-refractivity contribution < 1.29 is 0 Å². The molecular weight excluding hydrogens is 256 g/mol. The van der Waals surface area contributed by atoms with E-state index in [2.05, 4.69) is 29.3 Å². The Morgan fingerprint density at radius 1 is 1.42 bits per heavy atom. The van der Waals surface area contributed by atoms with Crippen LogP contribution in [0.2, 0.25) is 5.02 Å². The summed E-state index contributed by atoms with van der Waals surface area (Å²) >= 11 is 6.30. The largest absolute Gasteiger partial charge is 0.313 e. The molecule has 0 saturated carbocycles. The van der Waals surface area contributed by atoms with Crippen LogP contribution in [0.5, 0.6) is 0 Å². The van der Waals surface area contributed by atoms with Crippen molar-refractivity contribution >= 4 is 11.6 Å². The average molecular weight is 281 g/mol. The molecule has 2 nitrogen and oxygen atoms in total. The predicted molar refractivity (Wildman–Crippen MR) is 82.8 cm³/mol. The Morgan fingerprint density at radius 2 is 2.21 bits per heavy atom. The number of rotatable bonds is 6.